The Hall–Kier alpha value is -1.86. The van der Waals surface area contributed by atoms with Gasteiger partial charge < -0.3 is 0 Å². The summed E-state index contributed by atoms with van der Waals surface area (Å²) in [6, 6.07) is 2.55. The fraction of sp³-hybridized carbons (Fsp3) is 0.111. The van der Waals surface area contributed by atoms with Crippen LogP contribution < -0.4 is 11.3 Å². The van der Waals surface area contributed by atoms with E-state index in [1.165, 1.54) is 12.4 Å². The van der Waals surface area contributed by atoms with Crippen LogP contribution in [0.15, 0.2) is 24.5 Å². The van der Waals surface area contributed by atoms with Crippen molar-refractivity contribution in [2.24, 2.45) is 5.84 Å². The van der Waals surface area contributed by atoms with Crippen LogP contribution in [-0.4, -0.2) is 15.2 Å². The summed E-state index contributed by atoms with van der Waals surface area (Å²) in [5.74, 6) is 4.32. The second-order valence-electron chi connectivity index (χ2n) is 3.14. The van der Waals surface area contributed by atoms with Crippen LogP contribution in [0, 0.1) is 11.6 Å². The SMILES string of the molecule is NNC(c1ncn[nH]1)c1ccc(F)cc1F. The molecule has 1 atom stereocenters. The smallest absolute Gasteiger partial charge is 0.147 e. The van der Waals surface area contributed by atoms with E-state index in [0.717, 1.165) is 12.1 Å². The molecule has 0 aliphatic heterocycles. The average Bonchev–Trinajstić information content (AvgIpc) is 2.75. The summed E-state index contributed by atoms with van der Waals surface area (Å²) in [7, 11) is 0. The number of benzene rings is 1. The second-order valence-corrected chi connectivity index (χ2v) is 3.14. The Morgan fingerprint density at radius 3 is 2.75 bits per heavy atom. The van der Waals surface area contributed by atoms with Gasteiger partial charge in [0.05, 0.1) is 0 Å². The van der Waals surface area contributed by atoms with Crippen LogP contribution in [0.5, 0.6) is 0 Å². The lowest BCUT2D eigenvalue weighted by molar-refractivity contribution is 0.531. The Kier molecular flexibility index (Phi) is 2.88. The van der Waals surface area contributed by atoms with Crippen molar-refractivity contribution in [3.05, 3.63) is 47.5 Å². The lowest BCUT2D eigenvalue weighted by Gasteiger charge is -2.13. The molecule has 0 fully saturated rings. The summed E-state index contributed by atoms with van der Waals surface area (Å²) in [6.45, 7) is 0. The van der Waals surface area contributed by atoms with Crippen molar-refractivity contribution in [2.45, 2.75) is 6.04 Å². The zero-order valence-electron chi connectivity index (χ0n) is 8.11. The van der Waals surface area contributed by atoms with E-state index in [2.05, 4.69) is 20.6 Å². The molecule has 1 unspecified atom stereocenters. The van der Waals surface area contributed by atoms with Gasteiger partial charge in [0.25, 0.3) is 0 Å². The number of nitrogens with one attached hydrogen (secondary N) is 2. The molecule has 0 amide bonds. The number of hydrazine groups is 1. The molecule has 84 valence electrons. The zero-order chi connectivity index (χ0) is 11.5. The van der Waals surface area contributed by atoms with E-state index in [-0.39, 0.29) is 5.56 Å². The summed E-state index contributed by atoms with van der Waals surface area (Å²) >= 11 is 0. The fourth-order valence-corrected chi connectivity index (χ4v) is 1.41. The molecule has 0 radical (unpaired) electrons. The molecule has 0 aliphatic carbocycles. The van der Waals surface area contributed by atoms with Gasteiger partial charge in [-0.15, -0.1) is 0 Å². The van der Waals surface area contributed by atoms with Gasteiger partial charge in [0.2, 0.25) is 0 Å². The Bertz CT molecular complexity index is 471. The molecule has 16 heavy (non-hydrogen) atoms. The summed E-state index contributed by atoms with van der Waals surface area (Å²) in [5.41, 5.74) is 2.58. The van der Waals surface area contributed by atoms with Crippen LogP contribution in [0.25, 0.3) is 0 Å². The molecular formula is C9H9F2N5. The number of H-pyrrole nitrogens is 1. The third-order valence-corrected chi connectivity index (χ3v) is 2.15. The van der Waals surface area contributed by atoms with E-state index in [0.29, 0.717) is 5.82 Å². The van der Waals surface area contributed by atoms with Crippen molar-refractivity contribution in [3.63, 3.8) is 0 Å². The van der Waals surface area contributed by atoms with Crippen molar-refractivity contribution in [1.29, 1.82) is 0 Å². The van der Waals surface area contributed by atoms with E-state index >= 15 is 0 Å². The molecule has 5 nitrogen and oxygen atoms in total. The number of hydrogen-bond donors (Lipinski definition) is 3. The molecule has 1 aromatic carbocycles. The Morgan fingerprint density at radius 1 is 1.38 bits per heavy atom. The van der Waals surface area contributed by atoms with Crippen molar-refractivity contribution >= 4 is 0 Å². The number of aromatic amines is 1. The van der Waals surface area contributed by atoms with Gasteiger partial charge in [-0.2, -0.15) is 5.10 Å². The first-order valence-electron chi connectivity index (χ1n) is 4.48. The molecule has 0 saturated heterocycles. The van der Waals surface area contributed by atoms with Crippen LogP contribution >= 0.6 is 0 Å². The van der Waals surface area contributed by atoms with Gasteiger partial charge in [0, 0.05) is 11.6 Å². The lowest BCUT2D eigenvalue weighted by Crippen LogP contribution is -2.30. The van der Waals surface area contributed by atoms with Gasteiger partial charge >= 0.3 is 0 Å². The highest BCUT2D eigenvalue weighted by Crippen LogP contribution is 2.21. The second kappa shape index (κ2) is 4.33. The first-order chi connectivity index (χ1) is 7.72. The van der Waals surface area contributed by atoms with Crippen molar-refractivity contribution < 1.29 is 8.78 Å². The zero-order valence-corrected chi connectivity index (χ0v) is 8.11. The number of nitrogens with zero attached hydrogens (tertiary/aromatic N) is 2. The van der Waals surface area contributed by atoms with E-state index in [9.17, 15) is 8.78 Å². The number of rotatable bonds is 3. The van der Waals surface area contributed by atoms with Crippen LogP contribution in [0.4, 0.5) is 8.78 Å². The fourth-order valence-electron chi connectivity index (χ4n) is 1.41. The molecule has 4 N–H and O–H groups in total. The van der Waals surface area contributed by atoms with E-state index in [4.69, 9.17) is 5.84 Å². The predicted octanol–water partition coefficient (Wildman–Crippen LogP) is 0.636. The summed E-state index contributed by atoms with van der Waals surface area (Å²) in [6.07, 6.45) is 1.28. The normalized spacial score (nSPS) is 12.7. The van der Waals surface area contributed by atoms with Crippen LogP contribution in [0.3, 0.4) is 0 Å². The Balaban J connectivity index is 2.41. The number of nitrogens with two attached hydrogens (primary N) is 1. The molecule has 0 saturated carbocycles. The highest BCUT2D eigenvalue weighted by molar-refractivity contribution is 5.26. The maximum atomic E-state index is 13.5. The summed E-state index contributed by atoms with van der Waals surface area (Å²) in [4.78, 5) is 3.86. The minimum Gasteiger partial charge on any atom is -0.270 e. The van der Waals surface area contributed by atoms with Crippen molar-refractivity contribution in [1.82, 2.24) is 20.6 Å². The third-order valence-electron chi connectivity index (χ3n) is 2.15. The summed E-state index contributed by atoms with van der Waals surface area (Å²) < 4.78 is 26.2. The topological polar surface area (TPSA) is 79.6 Å². The molecule has 1 aromatic heterocycles. The van der Waals surface area contributed by atoms with Crippen molar-refractivity contribution in [2.75, 3.05) is 0 Å². The standard InChI is InChI=1S/C9H9F2N5/c10-5-1-2-6(7(11)3-5)8(15-12)9-13-4-14-16-9/h1-4,8,15H,12H2,(H,13,14,16). The minimum absolute atomic E-state index is 0.195. The molecule has 2 rings (SSSR count). The van der Waals surface area contributed by atoms with Gasteiger partial charge in [-0.05, 0) is 6.07 Å². The molecule has 0 spiro atoms. The molecule has 1 heterocycles. The molecular weight excluding hydrogens is 216 g/mol. The summed E-state index contributed by atoms with van der Waals surface area (Å²) in [5, 5.41) is 6.20. The Morgan fingerprint density at radius 2 is 2.19 bits per heavy atom. The van der Waals surface area contributed by atoms with E-state index in [1.807, 2.05) is 0 Å². The first kappa shape index (κ1) is 10.7. The number of aromatic nitrogens is 3. The number of hydrogen-bond acceptors (Lipinski definition) is 4. The molecule has 7 heteroatoms. The van der Waals surface area contributed by atoms with Crippen molar-refractivity contribution in [3.8, 4) is 0 Å². The van der Waals surface area contributed by atoms with Crippen LogP contribution in [0.1, 0.15) is 17.4 Å². The quantitative estimate of drug-likeness (QED) is 0.529. The van der Waals surface area contributed by atoms with E-state index < -0.39 is 17.7 Å². The Labute approximate surface area is 89.7 Å². The largest absolute Gasteiger partial charge is 0.270 e. The number of halogens is 2. The molecule has 0 aliphatic rings. The van der Waals surface area contributed by atoms with Crippen LogP contribution in [0.2, 0.25) is 0 Å². The molecule has 0 bridgehead atoms. The highest BCUT2D eigenvalue weighted by Gasteiger charge is 2.19. The first-order valence-corrected chi connectivity index (χ1v) is 4.48. The van der Waals surface area contributed by atoms with Gasteiger partial charge in [0.15, 0.2) is 0 Å². The van der Waals surface area contributed by atoms with Gasteiger partial charge in [-0.1, -0.05) is 6.07 Å². The maximum Gasteiger partial charge on any atom is 0.147 e. The van der Waals surface area contributed by atoms with Gasteiger partial charge in [-0.25, -0.2) is 19.2 Å². The maximum absolute atomic E-state index is 13.5. The van der Waals surface area contributed by atoms with Gasteiger partial charge in [-0.3, -0.25) is 10.9 Å². The average molecular weight is 225 g/mol. The van der Waals surface area contributed by atoms with E-state index in [1.54, 1.807) is 0 Å². The monoisotopic (exact) mass is 225 g/mol. The van der Waals surface area contributed by atoms with Gasteiger partial charge in [0.1, 0.15) is 29.8 Å². The van der Waals surface area contributed by atoms with Crippen LogP contribution in [-0.2, 0) is 0 Å². The minimum atomic E-state index is -0.695. The molecule has 2 aromatic rings. The predicted molar refractivity (Wildman–Crippen MR) is 51.9 cm³/mol. The third kappa shape index (κ3) is 1.90. The highest BCUT2D eigenvalue weighted by atomic mass is 19.1. The lowest BCUT2D eigenvalue weighted by atomic mass is 10.1.